The van der Waals surface area contributed by atoms with Gasteiger partial charge in [-0.15, -0.1) is 0 Å². The maximum atomic E-state index is 12.8. The minimum absolute atomic E-state index is 0.144. The Kier molecular flexibility index (Phi) is 4.16. The summed E-state index contributed by atoms with van der Waals surface area (Å²) >= 11 is 0. The first kappa shape index (κ1) is 17.9. The van der Waals surface area contributed by atoms with Crippen molar-refractivity contribution >= 4 is 17.7 Å². The number of carbonyl (C=O) groups excluding carboxylic acids is 1. The largest absolute Gasteiger partial charge is 0.378 e. The predicted octanol–water partition coefficient (Wildman–Crippen LogP) is 4.55. The molecular formula is C25H25N3O. The van der Waals surface area contributed by atoms with Crippen molar-refractivity contribution in [3.63, 3.8) is 0 Å². The average Bonchev–Trinajstić information content (AvgIpc) is 3.53. The van der Waals surface area contributed by atoms with Gasteiger partial charge < -0.3 is 4.90 Å². The third-order valence-corrected chi connectivity index (χ3v) is 6.20. The summed E-state index contributed by atoms with van der Waals surface area (Å²) in [5.41, 5.74) is 5.35. The van der Waals surface area contributed by atoms with E-state index in [4.69, 9.17) is 0 Å². The second kappa shape index (κ2) is 6.73. The van der Waals surface area contributed by atoms with Crippen LogP contribution in [-0.2, 0) is 11.8 Å². The van der Waals surface area contributed by atoms with Gasteiger partial charge in [0.15, 0.2) is 0 Å². The molecule has 0 N–H and O–H groups in total. The maximum Gasteiger partial charge on any atom is 0.250 e. The van der Waals surface area contributed by atoms with Gasteiger partial charge in [0.25, 0.3) is 0 Å². The fourth-order valence-corrected chi connectivity index (χ4v) is 4.31. The maximum absolute atomic E-state index is 12.8. The van der Waals surface area contributed by atoms with Crippen LogP contribution in [0.1, 0.15) is 40.0 Å². The molecule has 1 fully saturated rings. The minimum atomic E-state index is -0.331. The summed E-state index contributed by atoms with van der Waals surface area (Å²) in [7, 11) is 4.12. The number of allylic oxidation sites excluding steroid dienone is 1. The summed E-state index contributed by atoms with van der Waals surface area (Å²) in [6.45, 7) is 0. The number of anilines is 1. The summed E-state index contributed by atoms with van der Waals surface area (Å²) in [6.07, 6.45) is 8.94. The molecule has 1 saturated carbocycles. The Bertz CT molecular complexity index is 1090. The molecule has 5 rings (SSSR count). The molecule has 2 aliphatic carbocycles. The van der Waals surface area contributed by atoms with Gasteiger partial charge in [-0.2, -0.15) is 5.10 Å². The van der Waals surface area contributed by atoms with Crippen LogP contribution >= 0.6 is 0 Å². The third kappa shape index (κ3) is 3.00. The second-order valence-electron chi connectivity index (χ2n) is 8.36. The molecule has 0 aliphatic heterocycles. The number of hydrogen-bond acceptors (Lipinski definition) is 3. The number of rotatable bonds is 4. The zero-order chi connectivity index (χ0) is 20.0. The highest BCUT2D eigenvalue weighted by atomic mass is 16.2. The number of benzene rings is 2. The van der Waals surface area contributed by atoms with E-state index in [1.807, 2.05) is 12.3 Å². The lowest BCUT2D eigenvalue weighted by Crippen LogP contribution is -2.33. The summed E-state index contributed by atoms with van der Waals surface area (Å²) in [5, 5.41) is 4.47. The van der Waals surface area contributed by atoms with E-state index in [0.29, 0.717) is 0 Å². The molecule has 1 unspecified atom stereocenters. The third-order valence-electron chi connectivity index (χ3n) is 6.20. The molecule has 3 aromatic rings. The van der Waals surface area contributed by atoms with E-state index >= 15 is 0 Å². The van der Waals surface area contributed by atoms with Crippen LogP contribution in [0.4, 0.5) is 5.69 Å². The van der Waals surface area contributed by atoms with Gasteiger partial charge in [0.1, 0.15) is 0 Å². The highest BCUT2D eigenvalue weighted by Crippen LogP contribution is 2.43. The van der Waals surface area contributed by atoms with Crippen LogP contribution in [0.15, 0.2) is 66.9 Å². The molecule has 29 heavy (non-hydrogen) atoms. The number of hydrogen-bond donors (Lipinski definition) is 0. The highest BCUT2D eigenvalue weighted by molar-refractivity contribution is 5.84. The lowest BCUT2D eigenvalue weighted by atomic mass is 9.68. The molecular weight excluding hydrogens is 358 g/mol. The van der Waals surface area contributed by atoms with Crippen molar-refractivity contribution in [3.05, 3.63) is 89.3 Å². The summed E-state index contributed by atoms with van der Waals surface area (Å²) in [6, 6.07) is 19.3. The first-order valence-corrected chi connectivity index (χ1v) is 10.2. The lowest BCUT2D eigenvalue weighted by Gasteiger charge is -2.35. The Morgan fingerprint density at radius 3 is 2.55 bits per heavy atom. The van der Waals surface area contributed by atoms with Crippen molar-refractivity contribution in [1.29, 1.82) is 0 Å². The molecule has 1 atom stereocenters. The number of carbonyl (C=O) groups is 1. The number of aromatic nitrogens is 2. The van der Waals surface area contributed by atoms with Crippen LogP contribution < -0.4 is 4.90 Å². The first-order valence-electron chi connectivity index (χ1n) is 10.2. The van der Waals surface area contributed by atoms with Crippen molar-refractivity contribution in [3.8, 4) is 0 Å². The summed E-state index contributed by atoms with van der Waals surface area (Å²) < 4.78 is 1.67. The molecule has 0 spiro atoms. The quantitative estimate of drug-likeness (QED) is 0.663. The van der Waals surface area contributed by atoms with Gasteiger partial charge in [-0.3, -0.25) is 4.79 Å². The van der Waals surface area contributed by atoms with Gasteiger partial charge in [-0.05, 0) is 36.1 Å². The average molecular weight is 383 g/mol. The van der Waals surface area contributed by atoms with E-state index in [1.165, 1.54) is 16.8 Å². The van der Waals surface area contributed by atoms with Crippen LogP contribution in [0.5, 0.6) is 0 Å². The monoisotopic (exact) mass is 383 g/mol. The molecule has 4 heteroatoms. The molecule has 0 radical (unpaired) electrons. The Morgan fingerprint density at radius 1 is 1.07 bits per heavy atom. The standard InChI is InChI=1S/C25H25N3O/c1-27(2)22-10-6-9-21(15-22)25(20-7-4-3-5-8-20)14-13-19-17-26-28(23(19)16-25)24(29)18-11-12-18/h3-10,13-15,17-18H,11-12,16H2,1-2H3. The van der Waals surface area contributed by atoms with E-state index in [-0.39, 0.29) is 17.2 Å². The second-order valence-corrected chi connectivity index (χ2v) is 8.36. The Labute approximate surface area is 171 Å². The topological polar surface area (TPSA) is 38.1 Å². The fraction of sp³-hybridized carbons (Fsp3) is 0.280. The minimum Gasteiger partial charge on any atom is -0.378 e. The first-order chi connectivity index (χ1) is 14.1. The van der Waals surface area contributed by atoms with Gasteiger partial charge >= 0.3 is 0 Å². The Balaban J connectivity index is 1.67. The van der Waals surface area contributed by atoms with E-state index in [1.54, 1.807) is 4.68 Å². The van der Waals surface area contributed by atoms with Gasteiger partial charge in [0, 0.05) is 43.1 Å². The molecule has 0 bridgehead atoms. The van der Waals surface area contributed by atoms with Crippen LogP contribution in [0, 0.1) is 5.92 Å². The molecule has 146 valence electrons. The SMILES string of the molecule is CN(C)c1cccc(C2(c3ccccc3)C=Cc3cnn(C(=O)C4CC4)c3C2)c1. The van der Waals surface area contributed by atoms with Crippen molar-refractivity contribution < 1.29 is 4.79 Å². The van der Waals surface area contributed by atoms with E-state index in [2.05, 4.69) is 84.8 Å². The van der Waals surface area contributed by atoms with Gasteiger partial charge in [0.05, 0.1) is 11.9 Å². The molecule has 2 aliphatic rings. The molecule has 4 nitrogen and oxygen atoms in total. The van der Waals surface area contributed by atoms with Gasteiger partial charge in [-0.25, -0.2) is 4.68 Å². The molecule has 2 aromatic carbocycles. The summed E-state index contributed by atoms with van der Waals surface area (Å²) in [4.78, 5) is 15.0. The summed E-state index contributed by atoms with van der Waals surface area (Å²) in [5.74, 6) is 0.290. The Hall–Kier alpha value is -3.14. The fourth-order valence-electron chi connectivity index (χ4n) is 4.31. The van der Waals surface area contributed by atoms with Gasteiger partial charge in [0.2, 0.25) is 5.91 Å². The number of nitrogens with zero attached hydrogens (tertiary/aromatic N) is 3. The molecule has 0 saturated heterocycles. The lowest BCUT2D eigenvalue weighted by molar-refractivity contribution is 0.0865. The normalized spacial score (nSPS) is 20.3. The van der Waals surface area contributed by atoms with E-state index < -0.39 is 0 Å². The smallest absolute Gasteiger partial charge is 0.250 e. The molecule has 1 heterocycles. The van der Waals surface area contributed by atoms with E-state index in [9.17, 15) is 4.79 Å². The van der Waals surface area contributed by atoms with Crippen LogP contribution in [0.3, 0.4) is 0 Å². The molecule has 1 aromatic heterocycles. The zero-order valence-electron chi connectivity index (χ0n) is 16.9. The van der Waals surface area contributed by atoms with Crippen LogP contribution in [0.2, 0.25) is 0 Å². The Morgan fingerprint density at radius 2 is 1.83 bits per heavy atom. The zero-order valence-corrected chi connectivity index (χ0v) is 16.9. The van der Waals surface area contributed by atoms with Crippen molar-refractivity contribution in [1.82, 2.24) is 9.78 Å². The van der Waals surface area contributed by atoms with E-state index in [0.717, 1.165) is 30.5 Å². The van der Waals surface area contributed by atoms with Crippen LogP contribution in [-0.4, -0.2) is 29.8 Å². The van der Waals surface area contributed by atoms with Gasteiger partial charge in [-0.1, -0.05) is 54.6 Å². The number of fused-ring (bicyclic) bond motifs is 1. The predicted molar refractivity (Wildman–Crippen MR) is 116 cm³/mol. The van der Waals surface area contributed by atoms with Crippen molar-refractivity contribution in [2.45, 2.75) is 24.7 Å². The van der Waals surface area contributed by atoms with Crippen molar-refractivity contribution in [2.75, 3.05) is 19.0 Å². The highest BCUT2D eigenvalue weighted by Gasteiger charge is 2.39. The van der Waals surface area contributed by atoms with Crippen LogP contribution in [0.25, 0.3) is 6.08 Å². The van der Waals surface area contributed by atoms with Crippen molar-refractivity contribution in [2.24, 2.45) is 5.92 Å². The molecule has 0 amide bonds.